The molecule has 10 heteroatoms. The van der Waals surface area contributed by atoms with Gasteiger partial charge in [0.15, 0.2) is 17.3 Å². The van der Waals surface area contributed by atoms with Crippen LogP contribution in [0.15, 0.2) is 33.4 Å². The van der Waals surface area contributed by atoms with Crippen LogP contribution in [0.4, 0.5) is 8.78 Å². The van der Waals surface area contributed by atoms with Crippen LogP contribution in [-0.2, 0) is 20.2 Å². The van der Waals surface area contributed by atoms with E-state index < -0.39 is 11.6 Å². The van der Waals surface area contributed by atoms with Gasteiger partial charge in [-0.05, 0) is 35.0 Å². The molecule has 3 aromatic rings. The molecule has 0 bridgehead atoms. The number of amides is 1. The second-order valence-electron chi connectivity index (χ2n) is 6.15. The van der Waals surface area contributed by atoms with E-state index in [1.807, 2.05) is 0 Å². The zero-order valence-corrected chi connectivity index (χ0v) is 17.0. The molecule has 0 saturated carbocycles. The number of benzene rings is 1. The van der Waals surface area contributed by atoms with Crippen LogP contribution in [0.2, 0.25) is 0 Å². The van der Waals surface area contributed by atoms with E-state index in [9.17, 15) is 13.6 Å². The molecule has 0 radical (unpaired) electrons. The molecule has 0 aliphatic heterocycles. The van der Waals surface area contributed by atoms with Crippen LogP contribution in [-0.4, -0.2) is 32.8 Å². The molecule has 3 rings (SSSR count). The molecule has 1 aromatic carbocycles. The quantitative estimate of drug-likeness (QED) is 0.568. The maximum atomic E-state index is 13.8. The minimum absolute atomic E-state index is 0.0702. The Morgan fingerprint density at radius 2 is 2.14 bits per heavy atom. The van der Waals surface area contributed by atoms with E-state index in [-0.39, 0.29) is 30.5 Å². The van der Waals surface area contributed by atoms with Gasteiger partial charge in [0.2, 0.25) is 0 Å². The van der Waals surface area contributed by atoms with Crippen molar-refractivity contribution < 1.29 is 22.8 Å². The van der Waals surface area contributed by atoms with Crippen molar-refractivity contribution in [2.45, 2.75) is 20.1 Å². The number of aryl methyl sites for hydroxylation is 2. The summed E-state index contributed by atoms with van der Waals surface area (Å²) in [6.45, 7) is 1.76. The van der Waals surface area contributed by atoms with Crippen LogP contribution < -0.4 is 4.74 Å². The van der Waals surface area contributed by atoms with Crippen LogP contribution in [0.3, 0.4) is 0 Å². The first-order chi connectivity index (χ1) is 13.3. The predicted octanol–water partition coefficient (Wildman–Crippen LogP) is 3.61. The summed E-state index contributed by atoms with van der Waals surface area (Å²) < 4.78 is 39.7. The lowest BCUT2D eigenvalue weighted by Gasteiger charge is -2.17. The third-order valence-electron chi connectivity index (χ3n) is 4.20. The van der Waals surface area contributed by atoms with Crippen molar-refractivity contribution in [2.75, 3.05) is 7.05 Å². The van der Waals surface area contributed by atoms with E-state index in [1.54, 1.807) is 31.9 Å². The second kappa shape index (κ2) is 8.09. The summed E-state index contributed by atoms with van der Waals surface area (Å²) in [7, 11) is 3.39. The van der Waals surface area contributed by atoms with Gasteiger partial charge in [-0.3, -0.25) is 9.48 Å². The Morgan fingerprint density at radius 3 is 2.79 bits per heavy atom. The van der Waals surface area contributed by atoms with Crippen molar-refractivity contribution in [3.8, 4) is 5.75 Å². The van der Waals surface area contributed by atoms with E-state index in [2.05, 4.69) is 26.2 Å². The Balaban J connectivity index is 1.76. The molecule has 0 atom stereocenters. The van der Waals surface area contributed by atoms with Crippen molar-refractivity contribution in [3.63, 3.8) is 0 Å². The van der Waals surface area contributed by atoms with Gasteiger partial charge in [0, 0.05) is 20.2 Å². The maximum absolute atomic E-state index is 13.8. The second-order valence-corrected chi connectivity index (χ2v) is 7.01. The van der Waals surface area contributed by atoms with Crippen molar-refractivity contribution in [1.29, 1.82) is 0 Å². The lowest BCUT2D eigenvalue weighted by atomic mass is 10.2. The number of carbonyl (C=O) groups is 1. The fourth-order valence-corrected chi connectivity index (χ4v) is 3.04. The zero-order valence-electron chi connectivity index (χ0n) is 15.4. The highest BCUT2D eigenvalue weighted by atomic mass is 79.9. The number of rotatable bonds is 6. The van der Waals surface area contributed by atoms with Crippen LogP contribution in [0, 0.1) is 18.6 Å². The first kappa shape index (κ1) is 20.0. The van der Waals surface area contributed by atoms with Crippen LogP contribution in [0.1, 0.15) is 27.5 Å². The van der Waals surface area contributed by atoms with Crippen molar-refractivity contribution in [2.24, 2.45) is 7.05 Å². The molecule has 148 valence electrons. The maximum Gasteiger partial charge on any atom is 0.276 e. The Morgan fingerprint density at radius 1 is 1.39 bits per heavy atom. The highest BCUT2D eigenvalue weighted by Gasteiger charge is 2.25. The molecule has 0 aliphatic carbocycles. The van der Waals surface area contributed by atoms with Gasteiger partial charge < -0.3 is 14.2 Å². The number of hydrogen-bond acceptors (Lipinski definition) is 5. The number of ether oxygens (including phenoxy) is 1. The zero-order chi connectivity index (χ0) is 20.4. The van der Waals surface area contributed by atoms with Crippen LogP contribution >= 0.6 is 15.9 Å². The highest BCUT2D eigenvalue weighted by Crippen LogP contribution is 2.23. The number of halogens is 3. The minimum Gasteiger partial charge on any atom is -0.486 e. The first-order valence-electron chi connectivity index (χ1n) is 8.22. The molecule has 0 spiro atoms. The number of hydrogen-bond donors (Lipinski definition) is 0. The molecular weight excluding hydrogens is 438 g/mol. The number of carbonyl (C=O) groups excluding carboxylic acids is 1. The average molecular weight is 455 g/mol. The third kappa shape index (κ3) is 4.06. The van der Waals surface area contributed by atoms with E-state index in [0.717, 1.165) is 22.3 Å². The molecule has 0 saturated heterocycles. The summed E-state index contributed by atoms with van der Waals surface area (Å²) >= 11 is 3.39. The molecular formula is C18H17BrF2N4O3. The van der Waals surface area contributed by atoms with Crippen molar-refractivity contribution in [3.05, 3.63) is 63.2 Å². The summed E-state index contributed by atoms with van der Waals surface area (Å²) in [5.41, 5.74) is 1.27. The van der Waals surface area contributed by atoms with Gasteiger partial charge in [0.1, 0.15) is 18.2 Å². The van der Waals surface area contributed by atoms with Gasteiger partial charge >= 0.3 is 0 Å². The Hall–Kier alpha value is -2.75. The lowest BCUT2D eigenvalue weighted by Crippen LogP contribution is -2.28. The van der Waals surface area contributed by atoms with Crippen molar-refractivity contribution in [1.82, 2.24) is 19.8 Å². The smallest absolute Gasteiger partial charge is 0.276 e. The molecule has 28 heavy (non-hydrogen) atoms. The van der Waals surface area contributed by atoms with Crippen molar-refractivity contribution >= 4 is 21.8 Å². The van der Waals surface area contributed by atoms with E-state index in [1.165, 1.54) is 11.0 Å². The minimum atomic E-state index is -0.833. The van der Waals surface area contributed by atoms with E-state index in [0.29, 0.717) is 11.3 Å². The standard InChI is InChI=1S/C18H17BrF2N4O3/c1-10-12(9-27-16-5-4-11(20)6-14(16)21)17(23-28-10)18(26)24(2)8-15-13(19)7-22-25(15)3/h4-7H,8-9H2,1-3H3. The Kier molecular flexibility index (Phi) is 5.78. The predicted molar refractivity (Wildman–Crippen MR) is 98.6 cm³/mol. The monoisotopic (exact) mass is 454 g/mol. The average Bonchev–Trinajstić information content (AvgIpc) is 3.17. The first-order valence-corrected chi connectivity index (χ1v) is 9.02. The lowest BCUT2D eigenvalue weighted by molar-refractivity contribution is 0.0769. The van der Waals surface area contributed by atoms with Crippen LogP contribution in [0.25, 0.3) is 0 Å². The number of nitrogens with zero attached hydrogens (tertiary/aromatic N) is 4. The normalized spacial score (nSPS) is 10.9. The van der Waals surface area contributed by atoms with Gasteiger partial charge in [-0.15, -0.1) is 0 Å². The fourth-order valence-electron chi connectivity index (χ4n) is 2.56. The molecule has 7 nitrogen and oxygen atoms in total. The van der Waals surface area contributed by atoms with Gasteiger partial charge in [-0.1, -0.05) is 5.16 Å². The van der Waals surface area contributed by atoms with Gasteiger partial charge in [-0.2, -0.15) is 5.10 Å². The summed E-state index contributed by atoms with van der Waals surface area (Å²) in [4.78, 5) is 14.3. The molecule has 0 unspecified atom stereocenters. The highest BCUT2D eigenvalue weighted by molar-refractivity contribution is 9.10. The Bertz CT molecular complexity index is 999. The van der Waals surface area contributed by atoms with Gasteiger partial charge in [0.05, 0.1) is 28.5 Å². The molecule has 1 amide bonds. The summed E-state index contributed by atoms with van der Waals surface area (Å²) in [6.07, 6.45) is 1.64. The summed E-state index contributed by atoms with van der Waals surface area (Å²) in [6, 6.07) is 2.99. The molecule has 2 aromatic heterocycles. The summed E-state index contributed by atoms with van der Waals surface area (Å²) in [5.74, 6) is -1.68. The molecule has 0 aliphatic rings. The molecule has 0 fully saturated rings. The molecule has 0 N–H and O–H groups in total. The van der Waals surface area contributed by atoms with Gasteiger partial charge in [0.25, 0.3) is 5.91 Å². The number of aromatic nitrogens is 3. The molecule has 2 heterocycles. The summed E-state index contributed by atoms with van der Waals surface area (Å²) in [5, 5.41) is 7.94. The van der Waals surface area contributed by atoms with Crippen LogP contribution in [0.5, 0.6) is 5.75 Å². The third-order valence-corrected chi connectivity index (χ3v) is 4.86. The Labute approximate surface area is 168 Å². The van der Waals surface area contributed by atoms with E-state index in [4.69, 9.17) is 9.26 Å². The largest absolute Gasteiger partial charge is 0.486 e. The fraction of sp³-hybridized carbons (Fsp3) is 0.278. The topological polar surface area (TPSA) is 73.4 Å². The van der Waals surface area contributed by atoms with Gasteiger partial charge in [-0.25, -0.2) is 8.78 Å². The SMILES string of the molecule is Cc1onc(C(=O)N(C)Cc2c(Br)cnn2C)c1COc1ccc(F)cc1F. The van der Waals surface area contributed by atoms with E-state index >= 15 is 0 Å².